The zero-order valence-electron chi connectivity index (χ0n) is 7.37. The van der Waals surface area contributed by atoms with E-state index < -0.39 is 6.17 Å². The molecule has 0 aromatic rings. The van der Waals surface area contributed by atoms with Gasteiger partial charge in [0.1, 0.15) is 6.17 Å². The fourth-order valence-corrected chi connectivity index (χ4v) is 1.88. The first kappa shape index (κ1) is 8.03. The van der Waals surface area contributed by atoms with E-state index in [2.05, 4.69) is 20.8 Å². The highest BCUT2D eigenvalue weighted by Crippen LogP contribution is 2.61. The second kappa shape index (κ2) is 1.96. The monoisotopic (exact) mass is 144 g/mol. The Kier molecular flexibility index (Phi) is 1.57. The topological polar surface area (TPSA) is 0 Å². The summed E-state index contributed by atoms with van der Waals surface area (Å²) in [4.78, 5) is 0. The molecular formula is C9H17F. The maximum Gasteiger partial charge on any atom is 0.103 e. The van der Waals surface area contributed by atoms with Crippen molar-refractivity contribution in [3.05, 3.63) is 0 Å². The fourth-order valence-electron chi connectivity index (χ4n) is 1.88. The molecule has 60 valence electrons. The van der Waals surface area contributed by atoms with Crippen LogP contribution in [0.25, 0.3) is 0 Å². The van der Waals surface area contributed by atoms with Crippen molar-refractivity contribution < 1.29 is 4.39 Å². The summed E-state index contributed by atoms with van der Waals surface area (Å²) in [6.07, 6.45) is 1.52. The summed E-state index contributed by atoms with van der Waals surface area (Å²) in [6.45, 7) is 8.10. The highest BCUT2D eigenvalue weighted by molar-refractivity contribution is 5.04. The molecule has 1 aliphatic rings. The van der Waals surface area contributed by atoms with Crippen LogP contribution in [-0.2, 0) is 0 Å². The van der Waals surface area contributed by atoms with Gasteiger partial charge in [0.25, 0.3) is 0 Å². The lowest BCUT2D eigenvalue weighted by Gasteiger charge is -2.32. The van der Waals surface area contributed by atoms with Crippen LogP contribution in [0.15, 0.2) is 0 Å². The van der Waals surface area contributed by atoms with Gasteiger partial charge in [-0.15, -0.1) is 0 Å². The van der Waals surface area contributed by atoms with Crippen LogP contribution < -0.4 is 0 Å². The third-order valence-corrected chi connectivity index (χ3v) is 3.04. The molecule has 0 radical (unpaired) electrons. The number of hydrogen-bond donors (Lipinski definition) is 0. The minimum Gasteiger partial charge on any atom is -0.247 e. The molecule has 0 bridgehead atoms. The standard InChI is InChI=1S/C9H17F/c1-7(10)9(5-6-9)8(2,3)4/h7H,5-6H2,1-4H3. The first-order valence-electron chi connectivity index (χ1n) is 4.04. The van der Waals surface area contributed by atoms with Gasteiger partial charge in [-0.2, -0.15) is 0 Å². The van der Waals surface area contributed by atoms with Gasteiger partial charge < -0.3 is 0 Å². The second-order valence-electron chi connectivity index (χ2n) is 4.52. The molecule has 0 spiro atoms. The van der Waals surface area contributed by atoms with E-state index in [1.54, 1.807) is 6.92 Å². The first-order valence-corrected chi connectivity index (χ1v) is 4.04. The van der Waals surface area contributed by atoms with E-state index >= 15 is 0 Å². The summed E-state index contributed by atoms with van der Waals surface area (Å²) in [6, 6.07) is 0. The van der Waals surface area contributed by atoms with Crippen LogP contribution in [-0.4, -0.2) is 6.17 Å². The van der Waals surface area contributed by atoms with Gasteiger partial charge in [-0.1, -0.05) is 20.8 Å². The van der Waals surface area contributed by atoms with Crippen molar-refractivity contribution in [1.29, 1.82) is 0 Å². The number of alkyl halides is 1. The summed E-state index contributed by atoms with van der Waals surface area (Å²) < 4.78 is 13.0. The first-order chi connectivity index (χ1) is 4.40. The normalized spacial score (nSPS) is 26.1. The van der Waals surface area contributed by atoms with Gasteiger partial charge in [0.05, 0.1) is 0 Å². The summed E-state index contributed by atoms with van der Waals surface area (Å²) in [7, 11) is 0. The Bertz CT molecular complexity index is 126. The smallest absolute Gasteiger partial charge is 0.103 e. The predicted molar refractivity (Wildman–Crippen MR) is 41.7 cm³/mol. The van der Waals surface area contributed by atoms with Gasteiger partial charge in [-0.05, 0) is 25.2 Å². The lowest BCUT2D eigenvalue weighted by Crippen LogP contribution is -2.29. The third kappa shape index (κ3) is 0.959. The molecule has 1 saturated carbocycles. The van der Waals surface area contributed by atoms with Crippen LogP contribution in [0.1, 0.15) is 40.5 Å². The molecule has 1 rings (SSSR count). The van der Waals surface area contributed by atoms with Crippen LogP contribution in [0.5, 0.6) is 0 Å². The molecule has 0 amide bonds. The minimum atomic E-state index is -0.632. The minimum absolute atomic E-state index is 0.0208. The SMILES string of the molecule is CC(F)C1(C(C)(C)C)CC1. The van der Waals surface area contributed by atoms with Crippen LogP contribution in [0, 0.1) is 10.8 Å². The Morgan fingerprint density at radius 3 is 1.70 bits per heavy atom. The molecule has 0 aliphatic heterocycles. The van der Waals surface area contributed by atoms with Crippen LogP contribution in [0.2, 0.25) is 0 Å². The van der Waals surface area contributed by atoms with Gasteiger partial charge in [-0.3, -0.25) is 0 Å². The van der Waals surface area contributed by atoms with E-state index in [9.17, 15) is 4.39 Å². The van der Waals surface area contributed by atoms with Crippen molar-refractivity contribution in [2.75, 3.05) is 0 Å². The molecule has 0 aromatic heterocycles. The van der Waals surface area contributed by atoms with E-state index in [1.165, 1.54) is 0 Å². The Morgan fingerprint density at radius 2 is 1.70 bits per heavy atom. The van der Waals surface area contributed by atoms with Gasteiger partial charge in [-0.25, -0.2) is 4.39 Å². The van der Waals surface area contributed by atoms with Crippen molar-refractivity contribution in [1.82, 2.24) is 0 Å². The van der Waals surface area contributed by atoms with Crippen molar-refractivity contribution in [2.24, 2.45) is 10.8 Å². The molecule has 1 unspecified atom stereocenters. The molecular weight excluding hydrogens is 127 g/mol. The van der Waals surface area contributed by atoms with Crippen molar-refractivity contribution in [2.45, 2.75) is 46.7 Å². The van der Waals surface area contributed by atoms with Crippen LogP contribution in [0.4, 0.5) is 4.39 Å². The quantitative estimate of drug-likeness (QED) is 0.530. The van der Waals surface area contributed by atoms with E-state index in [1.807, 2.05) is 0 Å². The second-order valence-corrected chi connectivity index (χ2v) is 4.52. The van der Waals surface area contributed by atoms with Gasteiger partial charge in [0, 0.05) is 5.41 Å². The molecule has 1 atom stereocenters. The van der Waals surface area contributed by atoms with E-state index in [0.717, 1.165) is 12.8 Å². The Balaban J connectivity index is 2.70. The number of rotatable bonds is 1. The average molecular weight is 144 g/mol. The van der Waals surface area contributed by atoms with Crippen molar-refractivity contribution in [3.63, 3.8) is 0 Å². The molecule has 10 heavy (non-hydrogen) atoms. The molecule has 0 nitrogen and oxygen atoms in total. The molecule has 0 heterocycles. The van der Waals surface area contributed by atoms with E-state index in [4.69, 9.17) is 0 Å². The molecule has 1 fully saturated rings. The average Bonchev–Trinajstić information content (AvgIpc) is 2.36. The number of halogens is 1. The van der Waals surface area contributed by atoms with Crippen LogP contribution >= 0.6 is 0 Å². The summed E-state index contributed by atoms with van der Waals surface area (Å²) in [5.74, 6) is 0. The zero-order valence-corrected chi connectivity index (χ0v) is 7.37. The summed E-state index contributed by atoms with van der Waals surface area (Å²) in [5, 5.41) is 0. The molecule has 0 aromatic carbocycles. The highest BCUT2D eigenvalue weighted by atomic mass is 19.1. The Labute approximate surface area is 62.8 Å². The van der Waals surface area contributed by atoms with Crippen molar-refractivity contribution >= 4 is 0 Å². The lowest BCUT2D eigenvalue weighted by molar-refractivity contribution is 0.103. The van der Waals surface area contributed by atoms with E-state index in [-0.39, 0.29) is 10.8 Å². The van der Waals surface area contributed by atoms with Gasteiger partial charge >= 0.3 is 0 Å². The maximum atomic E-state index is 13.0. The van der Waals surface area contributed by atoms with Gasteiger partial charge in [0.2, 0.25) is 0 Å². The largest absolute Gasteiger partial charge is 0.247 e. The number of hydrogen-bond acceptors (Lipinski definition) is 0. The Hall–Kier alpha value is -0.0700. The fraction of sp³-hybridized carbons (Fsp3) is 1.00. The summed E-state index contributed by atoms with van der Waals surface area (Å²) >= 11 is 0. The lowest BCUT2D eigenvalue weighted by atomic mass is 9.75. The van der Waals surface area contributed by atoms with Crippen molar-refractivity contribution in [3.8, 4) is 0 Å². The Morgan fingerprint density at radius 1 is 1.30 bits per heavy atom. The van der Waals surface area contributed by atoms with Gasteiger partial charge in [0.15, 0.2) is 0 Å². The summed E-state index contributed by atoms with van der Waals surface area (Å²) in [5.41, 5.74) is 0.175. The molecule has 1 aliphatic carbocycles. The van der Waals surface area contributed by atoms with Crippen LogP contribution in [0.3, 0.4) is 0 Å². The molecule has 1 heteroatoms. The zero-order chi connectivity index (χ0) is 7.99. The highest BCUT2D eigenvalue weighted by Gasteiger charge is 2.55. The predicted octanol–water partition coefficient (Wildman–Crippen LogP) is 3.17. The van der Waals surface area contributed by atoms with E-state index in [0.29, 0.717) is 0 Å². The third-order valence-electron chi connectivity index (χ3n) is 3.04. The molecule has 0 N–H and O–H groups in total. The molecule has 0 saturated heterocycles. The maximum absolute atomic E-state index is 13.0.